The summed E-state index contributed by atoms with van der Waals surface area (Å²) < 4.78 is 6.06. The molecule has 2 aliphatic carbocycles. The summed E-state index contributed by atoms with van der Waals surface area (Å²) in [5, 5.41) is 7.54. The normalized spacial score (nSPS) is 31.3. The molecule has 160 valence electrons. The monoisotopic (exact) mass is 510 g/mol. The third kappa shape index (κ3) is 4.04. The number of hydrogen-bond donors (Lipinski definition) is 2. The summed E-state index contributed by atoms with van der Waals surface area (Å²) >= 11 is 0. The molecular formula is C23H35IN4O. The molecule has 2 aliphatic heterocycles. The van der Waals surface area contributed by atoms with Crippen LogP contribution in [-0.2, 0) is 11.3 Å². The molecule has 0 aromatic heterocycles. The maximum Gasteiger partial charge on any atom is 0.191 e. The van der Waals surface area contributed by atoms with Gasteiger partial charge in [0.15, 0.2) is 5.96 Å². The van der Waals surface area contributed by atoms with Crippen molar-refractivity contribution in [2.45, 2.75) is 63.3 Å². The van der Waals surface area contributed by atoms with Crippen molar-refractivity contribution in [2.24, 2.45) is 16.3 Å². The lowest BCUT2D eigenvalue weighted by Crippen LogP contribution is -2.72. The number of halogens is 1. The highest BCUT2D eigenvalue weighted by Gasteiger charge is 2.66. The van der Waals surface area contributed by atoms with Crippen LogP contribution in [-0.4, -0.2) is 55.8 Å². The molecule has 0 amide bonds. The van der Waals surface area contributed by atoms with Crippen molar-refractivity contribution in [1.29, 1.82) is 0 Å². The van der Waals surface area contributed by atoms with E-state index < -0.39 is 0 Å². The molecule has 2 N–H and O–H groups in total. The summed E-state index contributed by atoms with van der Waals surface area (Å²) in [7, 11) is 1.91. The van der Waals surface area contributed by atoms with Crippen LogP contribution in [0.3, 0.4) is 0 Å². The lowest BCUT2D eigenvalue weighted by molar-refractivity contribution is -0.171. The molecule has 5 nitrogen and oxygen atoms in total. The van der Waals surface area contributed by atoms with Crippen LogP contribution in [0.5, 0.6) is 0 Å². The van der Waals surface area contributed by atoms with Crippen LogP contribution in [0, 0.1) is 11.3 Å². The van der Waals surface area contributed by atoms with Gasteiger partial charge < -0.3 is 15.4 Å². The van der Waals surface area contributed by atoms with Gasteiger partial charge in [-0.25, -0.2) is 0 Å². The first-order valence-electron chi connectivity index (χ1n) is 11.2. The number of fused-ring (bicyclic) bond motifs is 2. The van der Waals surface area contributed by atoms with Gasteiger partial charge in [-0.05, 0) is 37.7 Å². The van der Waals surface area contributed by atoms with Crippen molar-refractivity contribution in [1.82, 2.24) is 15.5 Å². The van der Waals surface area contributed by atoms with E-state index in [9.17, 15) is 0 Å². The van der Waals surface area contributed by atoms with E-state index in [4.69, 9.17) is 4.74 Å². The van der Waals surface area contributed by atoms with Crippen molar-refractivity contribution in [3.05, 3.63) is 35.9 Å². The summed E-state index contributed by atoms with van der Waals surface area (Å²) in [6.45, 7) is 4.31. The van der Waals surface area contributed by atoms with Crippen LogP contribution in [0.25, 0.3) is 0 Å². The van der Waals surface area contributed by atoms with Gasteiger partial charge in [-0.3, -0.25) is 9.89 Å². The van der Waals surface area contributed by atoms with Gasteiger partial charge in [0.2, 0.25) is 0 Å². The highest BCUT2D eigenvalue weighted by atomic mass is 127. The molecule has 5 rings (SSSR count). The number of nitrogens with one attached hydrogen (secondary N) is 2. The number of rotatable bonds is 4. The Labute approximate surface area is 192 Å². The van der Waals surface area contributed by atoms with Gasteiger partial charge in [-0.1, -0.05) is 36.8 Å². The van der Waals surface area contributed by atoms with Crippen molar-refractivity contribution in [3.8, 4) is 0 Å². The number of piperidine rings is 1. The predicted octanol–water partition coefficient (Wildman–Crippen LogP) is 3.39. The number of benzene rings is 1. The minimum absolute atomic E-state index is 0. The van der Waals surface area contributed by atoms with E-state index in [1.54, 1.807) is 0 Å². The SMILES string of the molecule is CN=C(NC1CCN(Cc2ccccc2)CC1)NC1C2CCOC2C12CCC2.I. The molecule has 2 saturated carbocycles. The summed E-state index contributed by atoms with van der Waals surface area (Å²) in [5.74, 6) is 1.69. The molecule has 3 atom stereocenters. The molecule has 6 heteroatoms. The lowest BCUT2D eigenvalue weighted by atomic mass is 9.46. The van der Waals surface area contributed by atoms with Gasteiger partial charge in [0.05, 0.1) is 6.10 Å². The molecule has 1 aromatic rings. The molecule has 0 bridgehead atoms. The predicted molar refractivity (Wildman–Crippen MR) is 128 cm³/mol. The number of guanidine groups is 1. The molecule has 3 unspecified atom stereocenters. The van der Waals surface area contributed by atoms with Crippen molar-refractivity contribution in [3.63, 3.8) is 0 Å². The van der Waals surface area contributed by atoms with E-state index in [0.717, 1.165) is 32.2 Å². The van der Waals surface area contributed by atoms with E-state index >= 15 is 0 Å². The van der Waals surface area contributed by atoms with Gasteiger partial charge in [-0.2, -0.15) is 0 Å². The Morgan fingerprint density at radius 2 is 1.90 bits per heavy atom. The minimum atomic E-state index is 0. The summed E-state index contributed by atoms with van der Waals surface area (Å²) in [4.78, 5) is 7.14. The standard InChI is InChI=1S/C23H34N4O.HI/c1-24-22(26-20-19-10-15-28-21(19)23(20)11-5-12-23)25-18-8-13-27(14-9-18)16-17-6-3-2-4-7-17;/h2-4,6-7,18-21H,5,8-16H2,1H3,(H2,24,25,26);1H. The molecular weight excluding hydrogens is 475 g/mol. The fraction of sp³-hybridized carbons (Fsp3) is 0.696. The molecule has 1 aromatic carbocycles. The molecule has 1 spiro atoms. The van der Waals surface area contributed by atoms with Crippen LogP contribution >= 0.6 is 24.0 Å². The second kappa shape index (κ2) is 9.10. The zero-order valence-corrected chi connectivity index (χ0v) is 19.8. The third-order valence-corrected chi connectivity index (χ3v) is 7.73. The first-order chi connectivity index (χ1) is 13.8. The number of likely N-dealkylation sites (tertiary alicyclic amines) is 1. The van der Waals surface area contributed by atoms with Gasteiger partial charge >= 0.3 is 0 Å². The Bertz CT molecular complexity index is 700. The largest absolute Gasteiger partial charge is 0.377 e. The maximum atomic E-state index is 6.06. The second-order valence-corrected chi connectivity index (χ2v) is 9.21. The Hall–Kier alpha value is -0.860. The number of hydrogen-bond acceptors (Lipinski definition) is 3. The Kier molecular flexibility index (Phi) is 6.71. The quantitative estimate of drug-likeness (QED) is 0.371. The number of aliphatic imine (C=N–C) groups is 1. The summed E-state index contributed by atoms with van der Waals surface area (Å²) in [5.41, 5.74) is 1.81. The number of ether oxygens (including phenoxy) is 1. The van der Waals surface area contributed by atoms with E-state index in [1.165, 1.54) is 44.1 Å². The Balaban J connectivity index is 0.00000205. The lowest BCUT2D eigenvalue weighted by Gasteiger charge is -2.63. The van der Waals surface area contributed by atoms with Gasteiger partial charge in [0.25, 0.3) is 0 Å². The average Bonchev–Trinajstić information content (AvgIpc) is 3.11. The summed E-state index contributed by atoms with van der Waals surface area (Å²) in [6, 6.07) is 11.9. The third-order valence-electron chi connectivity index (χ3n) is 7.73. The zero-order chi connectivity index (χ0) is 19.0. The van der Waals surface area contributed by atoms with Crippen LogP contribution in [0.1, 0.15) is 44.1 Å². The van der Waals surface area contributed by atoms with Gasteiger partial charge in [-0.15, -0.1) is 24.0 Å². The van der Waals surface area contributed by atoms with Crippen LogP contribution in [0.15, 0.2) is 35.3 Å². The van der Waals surface area contributed by atoms with Crippen LogP contribution in [0.2, 0.25) is 0 Å². The van der Waals surface area contributed by atoms with E-state index in [0.29, 0.717) is 29.5 Å². The van der Waals surface area contributed by atoms with E-state index in [-0.39, 0.29) is 24.0 Å². The van der Waals surface area contributed by atoms with E-state index in [2.05, 4.69) is 50.9 Å². The average molecular weight is 510 g/mol. The Morgan fingerprint density at radius 3 is 2.55 bits per heavy atom. The van der Waals surface area contributed by atoms with Crippen molar-refractivity contribution < 1.29 is 4.74 Å². The van der Waals surface area contributed by atoms with Crippen LogP contribution in [0.4, 0.5) is 0 Å². The number of nitrogens with zero attached hydrogens (tertiary/aromatic N) is 2. The Morgan fingerprint density at radius 1 is 1.14 bits per heavy atom. The maximum absolute atomic E-state index is 6.06. The molecule has 0 radical (unpaired) electrons. The van der Waals surface area contributed by atoms with Crippen LogP contribution < -0.4 is 10.6 Å². The van der Waals surface area contributed by atoms with Gasteiger partial charge in [0, 0.05) is 56.7 Å². The van der Waals surface area contributed by atoms with Crippen molar-refractivity contribution in [2.75, 3.05) is 26.7 Å². The van der Waals surface area contributed by atoms with E-state index in [1.807, 2.05) is 7.05 Å². The molecule has 2 saturated heterocycles. The zero-order valence-electron chi connectivity index (χ0n) is 17.5. The molecule has 2 heterocycles. The fourth-order valence-electron chi connectivity index (χ4n) is 6.04. The second-order valence-electron chi connectivity index (χ2n) is 9.21. The van der Waals surface area contributed by atoms with Gasteiger partial charge in [0.1, 0.15) is 0 Å². The summed E-state index contributed by atoms with van der Waals surface area (Å²) in [6.07, 6.45) is 8.08. The fourth-order valence-corrected chi connectivity index (χ4v) is 6.04. The topological polar surface area (TPSA) is 48.9 Å². The van der Waals surface area contributed by atoms with Crippen molar-refractivity contribution >= 4 is 29.9 Å². The smallest absolute Gasteiger partial charge is 0.191 e. The molecule has 4 aliphatic rings. The first-order valence-corrected chi connectivity index (χ1v) is 11.2. The molecule has 29 heavy (non-hydrogen) atoms. The highest BCUT2D eigenvalue weighted by molar-refractivity contribution is 14.0. The highest BCUT2D eigenvalue weighted by Crippen LogP contribution is 2.62. The first kappa shape index (κ1) is 21.4. The minimum Gasteiger partial charge on any atom is -0.377 e. The molecule has 4 fully saturated rings.